The van der Waals surface area contributed by atoms with Gasteiger partial charge in [-0.25, -0.2) is 4.98 Å². The van der Waals surface area contributed by atoms with Gasteiger partial charge in [-0.15, -0.1) is 0 Å². The first kappa shape index (κ1) is 25.3. The monoisotopic (exact) mass is 498 g/mol. The van der Waals surface area contributed by atoms with E-state index >= 15 is 0 Å². The van der Waals surface area contributed by atoms with Gasteiger partial charge in [0, 0.05) is 18.7 Å². The van der Waals surface area contributed by atoms with Gasteiger partial charge in [-0.3, -0.25) is 19.1 Å². The summed E-state index contributed by atoms with van der Waals surface area (Å²) in [6.07, 6.45) is -3.11. The zero-order chi connectivity index (χ0) is 24.7. The van der Waals surface area contributed by atoms with Crippen molar-refractivity contribution in [1.82, 2.24) is 19.9 Å². The standard InChI is InChI=1S/C21H21F3N4O5S/c1-13-16(25-8-7-18(13)31-11-21(22,23)24)10-33-34-20-27-15-5-3-4-6-17(15)28(20)12-32-19(30)9-26-14(2)29/h3-8H,9-12H2,1-2H3,(H,26,29). The number of pyridine rings is 1. The number of esters is 1. The van der Waals surface area contributed by atoms with Crippen molar-refractivity contribution in [3.05, 3.63) is 47.8 Å². The minimum absolute atomic E-state index is 0.0365. The van der Waals surface area contributed by atoms with Crippen LogP contribution in [0.5, 0.6) is 5.75 Å². The maximum absolute atomic E-state index is 12.5. The van der Waals surface area contributed by atoms with Gasteiger partial charge in [0.2, 0.25) is 5.91 Å². The van der Waals surface area contributed by atoms with Crippen molar-refractivity contribution in [2.24, 2.45) is 0 Å². The predicted octanol–water partition coefficient (Wildman–Crippen LogP) is 3.54. The second-order valence-corrected chi connectivity index (χ2v) is 7.76. The number of halogens is 3. The summed E-state index contributed by atoms with van der Waals surface area (Å²) in [4.78, 5) is 31.4. The molecule has 0 bridgehead atoms. The highest BCUT2D eigenvalue weighted by atomic mass is 32.2. The Labute approximate surface area is 196 Å². The molecule has 34 heavy (non-hydrogen) atoms. The van der Waals surface area contributed by atoms with E-state index in [1.165, 1.54) is 19.2 Å². The van der Waals surface area contributed by atoms with Gasteiger partial charge in [0.25, 0.3) is 0 Å². The minimum atomic E-state index is -4.45. The molecule has 1 amide bonds. The van der Waals surface area contributed by atoms with E-state index in [9.17, 15) is 22.8 Å². The van der Waals surface area contributed by atoms with Crippen LogP contribution in [-0.2, 0) is 31.8 Å². The molecule has 0 saturated heterocycles. The van der Waals surface area contributed by atoms with Gasteiger partial charge in [0.15, 0.2) is 18.5 Å². The van der Waals surface area contributed by atoms with Crippen LogP contribution in [0, 0.1) is 6.92 Å². The third-order valence-corrected chi connectivity index (χ3v) is 5.13. The van der Waals surface area contributed by atoms with E-state index in [0.29, 0.717) is 27.4 Å². The Morgan fingerprint density at radius 3 is 2.71 bits per heavy atom. The van der Waals surface area contributed by atoms with Crippen molar-refractivity contribution < 1.29 is 36.4 Å². The first-order chi connectivity index (χ1) is 16.1. The van der Waals surface area contributed by atoms with Gasteiger partial charge in [-0.05, 0) is 25.1 Å². The summed E-state index contributed by atoms with van der Waals surface area (Å²) in [7, 11) is 0. The molecule has 3 rings (SSSR count). The van der Waals surface area contributed by atoms with Gasteiger partial charge in [0.05, 0.1) is 28.8 Å². The van der Waals surface area contributed by atoms with Crippen molar-refractivity contribution in [3.63, 3.8) is 0 Å². The quantitative estimate of drug-likeness (QED) is 0.334. The van der Waals surface area contributed by atoms with Gasteiger partial charge < -0.3 is 19.0 Å². The number of hydrogen-bond donors (Lipinski definition) is 1. The number of amides is 1. The SMILES string of the molecule is CC(=O)NCC(=O)OCn1c(SOCc2nccc(OCC(F)(F)F)c2C)nc2ccccc21. The molecule has 182 valence electrons. The van der Waals surface area contributed by atoms with Gasteiger partial charge in [-0.1, -0.05) is 12.1 Å². The van der Waals surface area contributed by atoms with Crippen LogP contribution in [0.15, 0.2) is 41.7 Å². The summed E-state index contributed by atoms with van der Waals surface area (Å²) in [5.41, 5.74) is 2.16. The van der Waals surface area contributed by atoms with Crippen LogP contribution in [0.3, 0.4) is 0 Å². The number of nitrogens with zero attached hydrogens (tertiary/aromatic N) is 3. The molecule has 2 aromatic heterocycles. The largest absolute Gasteiger partial charge is 0.484 e. The smallest absolute Gasteiger partial charge is 0.422 e. The van der Waals surface area contributed by atoms with E-state index in [1.807, 2.05) is 0 Å². The summed E-state index contributed by atoms with van der Waals surface area (Å²) in [6, 6.07) is 8.53. The number of alkyl halides is 3. The van der Waals surface area contributed by atoms with Gasteiger partial charge >= 0.3 is 12.1 Å². The molecule has 2 heterocycles. The zero-order valence-electron chi connectivity index (χ0n) is 18.2. The van der Waals surface area contributed by atoms with E-state index in [2.05, 4.69) is 15.3 Å². The van der Waals surface area contributed by atoms with Crippen LogP contribution in [0.2, 0.25) is 0 Å². The molecule has 13 heteroatoms. The third-order valence-electron chi connectivity index (χ3n) is 4.44. The summed E-state index contributed by atoms with van der Waals surface area (Å²) in [6.45, 7) is 1.01. The van der Waals surface area contributed by atoms with Crippen LogP contribution in [0.25, 0.3) is 11.0 Å². The van der Waals surface area contributed by atoms with Crippen LogP contribution < -0.4 is 10.1 Å². The molecular weight excluding hydrogens is 477 g/mol. The molecule has 3 aromatic rings. The highest BCUT2D eigenvalue weighted by Gasteiger charge is 2.28. The average Bonchev–Trinajstić information content (AvgIpc) is 3.13. The van der Waals surface area contributed by atoms with Crippen molar-refractivity contribution in [3.8, 4) is 5.75 Å². The highest BCUT2D eigenvalue weighted by molar-refractivity contribution is 7.94. The summed E-state index contributed by atoms with van der Waals surface area (Å²) >= 11 is 0.900. The molecule has 0 aliphatic carbocycles. The molecule has 1 aromatic carbocycles. The molecule has 0 radical (unpaired) electrons. The average molecular weight is 498 g/mol. The second kappa shape index (κ2) is 11.2. The molecule has 0 unspecified atom stereocenters. The van der Waals surface area contributed by atoms with Gasteiger partial charge in [0.1, 0.15) is 18.9 Å². The molecule has 0 saturated carbocycles. The number of imidazole rings is 1. The Hall–Kier alpha value is -3.32. The fourth-order valence-corrected chi connectivity index (χ4v) is 3.44. The van der Waals surface area contributed by atoms with Crippen molar-refractivity contribution in [1.29, 1.82) is 0 Å². The van der Waals surface area contributed by atoms with Crippen molar-refractivity contribution in [2.45, 2.75) is 38.5 Å². The Balaban J connectivity index is 1.67. The number of fused-ring (bicyclic) bond motifs is 1. The number of aromatic nitrogens is 3. The maximum Gasteiger partial charge on any atom is 0.422 e. The first-order valence-corrected chi connectivity index (χ1v) is 10.7. The number of rotatable bonds is 10. The molecule has 0 aliphatic rings. The lowest BCUT2D eigenvalue weighted by atomic mass is 10.2. The fraction of sp³-hybridized carbons (Fsp3) is 0.333. The molecule has 1 N–H and O–H groups in total. The first-order valence-electron chi connectivity index (χ1n) is 9.93. The van der Waals surface area contributed by atoms with Crippen LogP contribution in [0.1, 0.15) is 18.2 Å². The topological polar surface area (TPSA) is 105 Å². The van der Waals surface area contributed by atoms with Crippen molar-refractivity contribution >= 4 is 35.0 Å². The lowest BCUT2D eigenvalue weighted by molar-refractivity contribution is -0.153. The minimum Gasteiger partial charge on any atom is -0.484 e. The van der Waals surface area contributed by atoms with Gasteiger partial charge in [-0.2, -0.15) is 13.2 Å². The Morgan fingerprint density at radius 2 is 1.97 bits per heavy atom. The molecule has 0 fully saturated rings. The lowest BCUT2D eigenvalue weighted by Crippen LogP contribution is -2.28. The number of nitrogens with one attached hydrogen (secondary N) is 1. The van der Waals surface area contributed by atoms with Crippen LogP contribution in [0.4, 0.5) is 13.2 Å². The number of carbonyl (C=O) groups is 2. The number of para-hydroxylation sites is 2. The molecule has 0 spiro atoms. The van der Waals surface area contributed by atoms with E-state index in [1.54, 1.807) is 35.8 Å². The highest BCUT2D eigenvalue weighted by Crippen LogP contribution is 2.28. The van der Waals surface area contributed by atoms with E-state index < -0.39 is 18.8 Å². The van der Waals surface area contributed by atoms with E-state index in [-0.39, 0.29) is 31.5 Å². The van der Waals surface area contributed by atoms with Crippen LogP contribution >= 0.6 is 12.0 Å². The zero-order valence-corrected chi connectivity index (χ0v) is 19.0. The number of hydrogen-bond acceptors (Lipinski definition) is 8. The Morgan fingerprint density at radius 1 is 1.21 bits per heavy atom. The summed E-state index contributed by atoms with van der Waals surface area (Å²) in [5.74, 6) is -0.916. The molecular formula is C21H21F3N4O5S. The third kappa shape index (κ3) is 7.09. The molecule has 0 atom stereocenters. The Bertz CT molecular complexity index is 1170. The van der Waals surface area contributed by atoms with Crippen molar-refractivity contribution in [2.75, 3.05) is 13.2 Å². The normalized spacial score (nSPS) is 11.4. The van der Waals surface area contributed by atoms with E-state index in [4.69, 9.17) is 13.7 Å². The number of ether oxygens (including phenoxy) is 2. The number of benzene rings is 1. The summed E-state index contributed by atoms with van der Waals surface area (Å²) in [5, 5.41) is 2.74. The number of carbonyl (C=O) groups excluding carboxylic acids is 2. The molecule has 0 aliphatic heterocycles. The lowest BCUT2D eigenvalue weighted by Gasteiger charge is -2.13. The second-order valence-electron chi connectivity index (χ2n) is 7.00. The maximum atomic E-state index is 12.5. The molecule has 9 nitrogen and oxygen atoms in total. The predicted molar refractivity (Wildman–Crippen MR) is 116 cm³/mol. The van der Waals surface area contributed by atoms with E-state index in [0.717, 1.165) is 12.0 Å². The summed E-state index contributed by atoms with van der Waals surface area (Å²) < 4.78 is 54.7. The Kier molecular flexibility index (Phi) is 8.34. The fourth-order valence-electron chi connectivity index (χ4n) is 2.78. The van der Waals surface area contributed by atoms with Crippen LogP contribution in [-0.4, -0.2) is 45.7 Å².